The molecule has 2 aromatic heterocycles. The summed E-state index contributed by atoms with van der Waals surface area (Å²) in [6, 6.07) is 11.0. The lowest BCUT2D eigenvalue weighted by atomic mass is 10.1. The van der Waals surface area contributed by atoms with Gasteiger partial charge in [0, 0.05) is 11.5 Å². The standard InChI is InChI=1S/C15H14N4O2/c1-9-7-13(19-21-9)18-14(20)8-11-6-5-10-3-2-4-12(16)15(10)17-11/h2-7H,8,16H2,1H3,(H,18,19,20). The van der Waals surface area contributed by atoms with E-state index in [2.05, 4.69) is 15.5 Å². The number of nitrogens with zero attached hydrogens (tertiary/aromatic N) is 2. The van der Waals surface area contributed by atoms with Crippen LogP contribution in [0.4, 0.5) is 11.5 Å². The molecule has 1 aromatic carbocycles. The number of fused-ring (bicyclic) bond motifs is 1. The van der Waals surface area contributed by atoms with Gasteiger partial charge < -0.3 is 15.6 Å². The number of nitrogen functional groups attached to an aromatic ring is 1. The van der Waals surface area contributed by atoms with Gasteiger partial charge in [0.25, 0.3) is 0 Å². The lowest BCUT2D eigenvalue weighted by molar-refractivity contribution is -0.115. The van der Waals surface area contributed by atoms with E-state index in [1.807, 2.05) is 24.3 Å². The molecular formula is C15H14N4O2. The minimum absolute atomic E-state index is 0.149. The Bertz CT molecular complexity index is 810. The highest BCUT2D eigenvalue weighted by Crippen LogP contribution is 2.19. The maximum atomic E-state index is 11.9. The van der Waals surface area contributed by atoms with E-state index >= 15 is 0 Å². The van der Waals surface area contributed by atoms with Crippen molar-refractivity contribution in [1.82, 2.24) is 10.1 Å². The lowest BCUT2D eigenvalue weighted by Gasteiger charge is -2.05. The Kier molecular flexibility index (Phi) is 3.27. The van der Waals surface area contributed by atoms with Gasteiger partial charge in [0.15, 0.2) is 5.82 Å². The Labute approximate surface area is 121 Å². The molecule has 0 aliphatic rings. The number of carbonyl (C=O) groups excluding carboxylic acids is 1. The highest BCUT2D eigenvalue weighted by molar-refractivity contribution is 5.92. The van der Waals surface area contributed by atoms with E-state index in [4.69, 9.17) is 10.3 Å². The van der Waals surface area contributed by atoms with E-state index in [-0.39, 0.29) is 12.3 Å². The second-order valence-corrected chi connectivity index (χ2v) is 4.77. The van der Waals surface area contributed by atoms with Gasteiger partial charge in [-0.1, -0.05) is 23.4 Å². The number of rotatable bonds is 3. The molecule has 3 aromatic rings. The van der Waals surface area contributed by atoms with Gasteiger partial charge in [-0.05, 0) is 19.1 Å². The fourth-order valence-corrected chi connectivity index (χ4v) is 2.09. The molecule has 0 atom stereocenters. The molecule has 0 bridgehead atoms. The number of hydrogen-bond donors (Lipinski definition) is 2. The molecule has 1 amide bonds. The van der Waals surface area contributed by atoms with E-state index in [0.29, 0.717) is 28.5 Å². The molecule has 0 spiro atoms. The van der Waals surface area contributed by atoms with Crippen LogP contribution in [-0.2, 0) is 11.2 Å². The second kappa shape index (κ2) is 5.24. The van der Waals surface area contributed by atoms with Crippen molar-refractivity contribution in [1.29, 1.82) is 0 Å². The molecule has 0 saturated carbocycles. The predicted octanol–water partition coefficient (Wildman–Crippen LogP) is 2.29. The number of hydrogen-bond acceptors (Lipinski definition) is 5. The second-order valence-electron chi connectivity index (χ2n) is 4.77. The third kappa shape index (κ3) is 2.84. The van der Waals surface area contributed by atoms with Gasteiger partial charge in [-0.2, -0.15) is 0 Å². The van der Waals surface area contributed by atoms with Gasteiger partial charge in [-0.15, -0.1) is 0 Å². The zero-order valence-electron chi connectivity index (χ0n) is 11.5. The monoisotopic (exact) mass is 282 g/mol. The van der Waals surface area contributed by atoms with Crippen LogP contribution in [0.15, 0.2) is 40.9 Å². The van der Waals surface area contributed by atoms with Crippen molar-refractivity contribution in [3.63, 3.8) is 0 Å². The first-order valence-corrected chi connectivity index (χ1v) is 6.49. The van der Waals surface area contributed by atoms with Gasteiger partial charge in [0.2, 0.25) is 5.91 Å². The van der Waals surface area contributed by atoms with Crippen molar-refractivity contribution in [3.8, 4) is 0 Å². The number of benzene rings is 1. The van der Waals surface area contributed by atoms with Crippen molar-refractivity contribution in [2.45, 2.75) is 13.3 Å². The summed E-state index contributed by atoms with van der Waals surface area (Å²) in [5, 5.41) is 7.32. The molecule has 3 rings (SSSR count). The lowest BCUT2D eigenvalue weighted by Crippen LogP contribution is -2.15. The van der Waals surface area contributed by atoms with Crippen LogP contribution in [-0.4, -0.2) is 16.0 Å². The zero-order valence-corrected chi connectivity index (χ0v) is 11.5. The van der Waals surface area contributed by atoms with Crippen LogP contribution in [0.1, 0.15) is 11.5 Å². The van der Waals surface area contributed by atoms with Crippen molar-refractivity contribution in [3.05, 3.63) is 47.9 Å². The summed E-state index contributed by atoms with van der Waals surface area (Å²) in [5.74, 6) is 0.837. The number of anilines is 2. The Morgan fingerprint density at radius 2 is 2.19 bits per heavy atom. The van der Waals surface area contributed by atoms with Crippen molar-refractivity contribution in [2.24, 2.45) is 0 Å². The van der Waals surface area contributed by atoms with Gasteiger partial charge in [0.05, 0.1) is 23.3 Å². The first-order valence-electron chi connectivity index (χ1n) is 6.49. The summed E-state index contributed by atoms with van der Waals surface area (Å²) >= 11 is 0. The molecule has 0 unspecified atom stereocenters. The largest absolute Gasteiger partial charge is 0.397 e. The minimum atomic E-state index is -0.204. The Balaban J connectivity index is 1.78. The highest BCUT2D eigenvalue weighted by Gasteiger charge is 2.09. The van der Waals surface area contributed by atoms with Crippen molar-refractivity contribution in [2.75, 3.05) is 11.1 Å². The molecule has 6 heteroatoms. The number of pyridine rings is 1. The molecule has 0 aliphatic heterocycles. The quantitative estimate of drug-likeness (QED) is 0.719. The number of carbonyl (C=O) groups is 1. The van der Waals surface area contributed by atoms with Crippen molar-refractivity contribution >= 4 is 28.3 Å². The zero-order chi connectivity index (χ0) is 14.8. The van der Waals surface area contributed by atoms with Crippen LogP contribution in [0, 0.1) is 6.92 Å². The third-order valence-electron chi connectivity index (χ3n) is 3.05. The third-order valence-corrected chi connectivity index (χ3v) is 3.05. The fourth-order valence-electron chi connectivity index (χ4n) is 2.09. The normalized spacial score (nSPS) is 10.7. The van der Waals surface area contributed by atoms with Crippen LogP contribution in [0.2, 0.25) is 0 Å². The average molecular weight is 282 g/mol. The maximum absolute atomic E-state index is 11.9. The summed E-state index contributed by atoms with van der Waals surface area (Å²) in [5.41, 5.74) is 7.86. The molecule has 0 fully saturated rings. The Morgan fingerprint density at radius 1 is 1.33 bits per heavy atom. The van der Waals surface area contributed by atoms with Gasteiger partial charge in [-0.3, -0.25) is 9.78 Å². The number of aromatic nitrogens is 2. The van der Waals surface area contributed by atoms with E-state index < -0.39 is 0 Å². The number of nitrogens with one attached hydrogen (secondary N) is 1. The van der Waals surface area contributed by atoms with E-state index in [0.717, 1.165) is 5.39 Å². The molecule has 6 nitrogen and oxygen atoms in total. The molecule has 3 N–H and O–H groups in total. The van der Waals surface area contributed by atoms with Gasteiger partial charge in [0.1, 0.15) is 5.76 Å². The summed E-state index contributed by atoms with van der Waals surface area (Å²) < 4.78 is 4.89. The SMILES string of the molecule is Cc1cc(NC(=O)Cc2ccc3cccc(N)c3n2)no1. The number of amides is 1. The number of para-hydroxylation sites is 1. The molecule has 0 radical (unpaired) electrons. The molecule has 0 aliphatic carbocycles. The summed E-state index contributed by atoms with van der Waals surface area (Å²) in [6.07, 6.45) is 0.149. The van der Waals surface area contributed by atoms with E-state index in [1.54, 1.807) is 19.1 Å². The summed E-state index contributed by atoms with van der Waals surface area (Å²) in [4.78, 5) is 16.4. The van der Waals surface area contributed by atoms with E-state index in [1.165, 1.54) is 0 Å². The first kappa shape index (κ1) is 13.1. The maximum Gasteiger partial charge on any atom is 0.231 e. The van der Waals surface area contributed by atoms with Crippen LogP contribution < -0.4 is 11.1 Å². The summed E-state index contributed by atoms with van der Waals surface area (Å²) in [6.45, 7) is 1.76. The topological polar surface area (TPSA) is 94.0 Å². The number of nitrogens with two attached hydrogens (primary N) is 1. The van der Waals surface area contributed by atoms with Crippen LogP contribution >= 0.6 is 0 Å². The average Bonchev–Trinajstić information content (AvgIpc) is 2.85. The highest BCUT2D eigenvalue weighted by atomic mass is 16.5. The van der Waals surface area contributed by atoms with Gasteiger partial charge >= 0.3 is 0 Å². The molecule has 2 heterocycles. The predicted molar refractivity (Wildman–Crippen MR) is 79.7 cm³/mol. The minimum Gasteiger partial charge on any atom is -0.397 e. The van der Waals surface area contributed by atoms with Crippen LogP contribution in [0.25, 0.3) is 10.9 Å². The summed E-state index contributed by atoms with van der Waals surface area (Å²) in [7, 11) is 0. The van der Waals surface area contributed by atoms with Gasteiger partial charge in [-0.25, -0.2) is 0 Å². The molecule has 21 heavy (non-hydrogen) atoms. The molecule has 0 saturated heterocycles. The molecule has 106 valence electrons. The number of aryl methyl sites for hydroxylation is 1. The first-order chi connectivity index (χ1) is 10.1. The molecular weight excluding hydrogens is 268 g/mol. The van der Waals surface area contributed by atoms with E-state index in [9.17, 15) is 4.79 Å². The Morgan fingerprint density at radius 3 is 2.95 bits per heavy atom. The van der Waals surface area contributed by atoms with Crippen LogP contribution in [0.5, 0.6) is 0 Å². The fraction of sp³-hybridized carbons (Fsp3) is 0.133. The van der Waals surface area contributed by atoms with Crippen LogP contribution in [0.3, 0.4) is 0 Å². The Hall–Kier alpha value is -2.89. The smallest absolute Gasteiger partial charge is 0.231 e. The van der Waals surface area contributed by atoms with Crippen molar-refractivity contribution < 1.29 is 9.32 Å².